The molecular formula is C14H15FN2O. The Labute approximate surface area is 105 Å². The van der Waals surface area contributed by atoms with Crippen LogP contribution in [0.4, 0.5) is 15.8 Å². The highest BCUT2D eigenvalue weighted by Crippen LogP contribution is 2.36. The van der Waals surface area contributed by atoms with Gasteiger partial charge in [-0.1, -0.05) is 6.07 Å². The van der Waals surface area contributed by atoms with Crippen LogP contribution in [0.15, 0.2) is 41.0 Å². The molecule has 1 heterocycles. The molecule has 0 saturated heterocycles. The Morgan fingerprint density at radius 1 is 1.28 bits per heavy atom. The molecule has 0 amide bonds. The summed E-state index contributed by atoms with van der Waals surface area (Å²) in [6, 6.07) is 9.16. The average molecular weight is 246 g/mol. The highest BCUT2D eigenvalue weighted by molar-refractivity contribution is 5.69. The largest absolute Gasteiger partial charge is 0.467 e. The monoisotopic (exact) mass is 246 g/mol. The summed E-state index contributed by atoms with van der Waals surface area (Å²) in [6.45, 7) is 0.630. The first kappa shape index (κ1) is 11.1. The van der Waals surface area contributed by atoms with Crippen molar-refractivity contribution in [2.45, 2.75) is 25.4 Å². The lowest BCUT2D eigenvalue weighted by Crippen LogP contribution is -2.26. The molecule has 1 aromatic heterocycles. The van der Waals surface area contributed by atoms with Crippen molar-refractivity contribution < 1.29 is 8.81 Å². The Morgan fingerprint density at radius 2 is 2.11 bits per heavy atom. The van der Waals surface area contributed by atoms with Crippen molar-refractivity contribution in [3.8, 4) is 0 Å². The van der Waals surface area contributed by atoms with Gasteiger partial charge in [-0.25, -0.2) is 4.39 Å². The van der Waals surface area contributed by atoms with Gasteiger partial charge in [-0.15, -0.1) is 0 Å². The zero-order valence-corrected chi connectivity index (χ0v) is 9.97. The molecule has 3 rings (SSSR count). The van der Waals surface area contributed by atoms with Crippen molar-refractivity contribution >= 4 is 11.4 Å². The fourth-order valence-electron chi connectivity index (χ4n) is 2.14. The predicted molar refractivity (Wildman–Crippen MR) is 68.7 cm³/mol. The number of furan rings is 1. The van der Waals surface area contributed by atoms with Gasteiger partial charge < -0.3 is 15.1 Å². The van der Waals surface area contributed by atoms with Crippen LogP contribution in [0.1, 0.15) is 18.6 Å². The summed E-state index contributed by atoms with van der Waals surface area (Å²) in [5, 5.41) is 0. The molecule has 1 saturated carbocycles. The van der Waals surface area contributed by atoms with E-state index < -0.39 is 0 Å². The maximum absolute atomic E-state index is 13.5. The Bertz CT molecular complexity index is 535. The van der Waals surface area contributed by atoms with Crippen LogP contribution in [0.3, 0.4) is 0 Å². The molecule has 2 aromatic rings. The first-order chi connectivity index (χ1) is 8.75. The van der Waals surface area contributed by atoms with Crippen molar-refractivity contribution in [1.29, 1.82) is 0 Å². The number of hydrogen-bond donors (Lipinski definition) is 1. The van der Waals surface area contributed by atoms with E-state index in [1.807, 2.05) is 18.2 Å². The number of para-hydroxylation sites is 1. The minimum Gasteiger partial charge on any atom is -0.467 e. The molecule has 0 atom stereocenters. The van der Waals surface area contributed by atoms with E-state index in [9.17, 15) is 4.39 Å². The average Bonchev–Trinajstić information content (AvgIpc) is 3.08. The van der Waals surface area contributed by atoms with E-state index in [-0.39, 0.29) is 11.5 Å². The molecular weight excluding hydrogens is 231 g/mol. The van der Waals surface area contributed by atoms with Crippen LogP contribution >= 0.6 is 0 Å². The van der Waals surface area contributed by atoms with E-state index in [4.69, 9.17) is 10.2 Å². The van der Waals surface area contributed by atoms with Crippen LogP contribution in [0, 0.1) is 5.82 Å². The van der Waals surface area contributed by atoms with Crippen LogP contribution in [0.2, 0.25) is 0 Å². The minimum atomic E-state index is -0.363. The second-order valence-corrected chi connectivity index (χ2v) is 4.61. The molecule has 94 valence electrons. The Kier molecular flexibility index (Phi) is 2.70. The summed E-state index contributed by atoms with van der Waals surface area (Å²) in [5.74, 6) is 0.503. The van der Waals surface area contributed by atoms with E-state index in [0.717, 1.165) is 24.3 Å². The van der Waals surface area contributed by atoms with Crippen molar-refractivity contribution in [3.63, 3.8) is 0 Å². The van der Waals surface area contributed by atoms with Gasteiger partial charge in [0.1, 0.15) is 11.6 Å². The molecule has 0 radical (unpaired) electrons. The van der Waals surface area contributed by atoms with Gasteiger partial charge in [-0.2, -0.15) is 0 Å². The first-order valence-corrected chi connectivity index (χ1v) is 6.08. The second-order valence-electron chi connectivity index (χ2n) is 4.61. The Balaban J connectivity index is 1.91. The molecule has 1 aliphatic rings. The summed E-state index contributed by atoms with van der Waals surface area (Å²) < 4.78 is 18.9. The molecule has 0 bridgehead atoms. The fourth-order valence-corrected chi connectivity index (χ4v) is 2.14. The molecule has 0 aliphatic heterocycles. The normalized spacial score (nSPS) is 14.7. The van der Waals surface area contributed by atoms with E-state index >= 15 is 0 Å². The van der Waals surface area contributed by atoms with Crippen molar-refractivity contribution in [3.05, 3.63) is 48.2 Å². The summed E-state index contributed by atoms with van der Waals surface area (Å²) in [6.07, 6.45) is 3.89. The molecule has 2 N–H and O–H groups in total. The third-order valence-electron chi connectivity index (χ3n) is 3.23. The molecule has 1 aliphatic carbocycles. The van der Waals surface area contributed by atoms with Gasteiger partial charge in [0.15, 0.2) is 0 Å². The van der Waals surface area contributed by atoms with E-state index in [2.05, 4.69) is 4.90 Å². The number of nitrogen functional groups attached to an aromatic ring is 1. The number of rotatable bonds is 4. The topological polar surface area (TPSA) is 42.4 Å². The Hall–Kier alpha value is -1.97. The number of nitrogens with two attached hydrogens (primary N) is 1. The second kappa shape index (κ2) is 4.37. The van der Waals surface area contributed by atoms with E-state index in [1.54, 1.807) is 12.3 Å². The maximum atomic E-state index is 13.5. The fraction of sp³-hybridized carbons (Fsp3) is 0.286. The maximum Gasteiger partial charge on any atom is 0.148 e. The summed E-state index contributed by atoms with van der Waals surface area (Å²) in [7, 11) is 0. The molecule has 4 heteroatoms. The SMILES string of the molecule is Nc1c(F)cccc1N(Cc1ccco1)C1CC1. The standard InChI is InChI=1S/C14H15FN2O/c15-12-4-1-5-13(14(12)16)17(10-6-7-10)9-11-3-2-8-18-11/h1-5,8,10H,6-7,9,16H2. The molecule has 1 aromatic carbocycles. The smallest absolute Gasteiger partial charge is 0.148 e. The van der Waals surface area contributed by atoms with Crippen LogP contribution in [0.25, 0.3) is 0 Å². The summed E-state index contributed by atoms with van der Waals surface area (Å²) in [5.41, 5.74) is 6.81. The van der Waals surface area contributed by atoms with Crippen LogP contribution < -0.4 is 10.6 Å². The van der Waals surface area contributed by atoms with E-state index in [0.29, 0.717) is 12.6 Å². The van der Waals surface area contributed by atoms with Gasteiger partial charge in [0.25, 0.3) is 0 Å². The van der Waals surface area contributed by atoms with Gasteiger partial charge in [0, 0.05) is 6.04 Å². The molecule has 3 nitrogen and oxygen atoms in total. The lowest BCUT2D eigenvalue weighted by molar-refractivity contribution is 0.501. The first-order valence-electron chi connectivity index (χ1n) is 6.08. The van der Waals surface area contributed by atoms with Crippen molar-refractivity contribution in [2.24, 2.45) is 0 Å². The van der Waals surface area contributed by atoms with Crippen molar-refractivity contribution in [2.75, 3.05) is 10.6 Å². The van der Waals surface area contributed by atoms with Gasteiger partial charge in [0.2, 0.25) is 0 Å². The number of halogens is 1. The van der Waals surface area contributed by atoms with Gasteiger partial charge in [0.05, 0.1) is 24.2 Å². The van der Waals surface area contributed by atoms with Gasteiger partial charge >= 0.3 is 0 Å². The molecule has 0 unspecified atom stereocenters. The minimum absolute atomic E-state index is 0.218. The van der Waals surface area contributed by atoms with Crippen LogP contribution in [-0.2, 0) is 6.54 Å². The third-order valence-corrected chi connectivity index (χ3v) is 3.23. The van der Waals surface area contributed by atoms with Crippen molar-refractivity contribution in [1.82, 2.24) is 0 Å². The van der Waals surface area contributed by atoms with Gasteiger partial charge in [-0.05, 0) is 37.1 Å². The zero-order valence-electron chi connectivity index (χ0n) is 9.97. The van der Waals surface area contributed by atoms with Crippen LogP contribution in [-0.4, -0.2) is 6.04 Å². The molecule has 1 fully saturated rings. The van der Waals surface area contributed by atoms with E-state index in [1.165, 1.54) is 6.07 Å². The Morgan fingerprint density at radius 3 is 2.78 bits per heavy atom. The lowest BCUT2D eigenvalue weighted by atomic mass is 10.2. The summed E-state index contributed by atoms with van der Waals surface area (Å²) in [4.78, 5) is 2.12. The third kappa shape index (κ3) is 2.06. The number of nitrogens with zero attached hydrogens (tertiary/aromatic N) is 1. The van der Waals surface area contributed by atoms with Gasteiger partial charge in [-0.3, -0.25) is 0 Å². The number of hydrogen-bond acceptors (Lipinski definition) is 3. The lowest BCUT2D eigenvalue weighted by Gasteiger charge is -2.25. The predicted octanol–water partition coefficient (Wildman–Crippen LogP) is 3.17. The quantitative estimate of drug-likeness (QED) is 0.842. The summed E-state index contributed by atoms with van der Waals surface area (Å²) >= 11 is 0. The number of anilines is 2. The molecule has 0 spiro atoms. The number of benzene rings is 1. The highest BCUT2D eigenvalue weighted by atomic mass is 19.1. The molecule has 18 heavy (non-hydrogen) atoms. The van der Waals surface area contributed by atoms with Crippen LogP contribution in [0.5, 0.6) is 0 Å². The zero-order chi connectivity index (χ0) is 12.5. The highest BCUT2D eigenvalue weighted by Gasteiger charge is 2.31.